The van der Waals surface area contributed by atoms with E-state index in [0.717, 1.165) is 33.6 Å². The lowest BCUT2D eigenvalue weighted by Gasteiger charge is -2.40. The van der Waals surface area contributed by atoms with E-state index in [1.54, 1.807) is 0 Å². The minimum absolute atomic E-state index is 0.493. The topological polar surface area (TPSA) is 148 Å². The van der Waals surface area contributed by atoms with Crippen LogP contribution in [0.1, 0.15) is 34.4 Å². The van der Waals surface area contributed by atoms with Crippen molar-refractivity contribution in [3.8, 4) is 0 Å². The van der Waals surface area contributed by atoms with Gasteiger partial charge >= 0.3 is 0 Å². The zero-order chi connectivity index (χ0) is 24.1. The molecule has 1 saturated heterocycles. The molecule has 0 amide bonds. The average Bonchev–Trinajstić information content (AvgIpc) is 3.63. The van der Waals surface area contributed by atoms with Gasteiger partial charge in [-0.2, -0.15) is 0 Å². The van der Waals surface area contributed by atoms with Gasteiger partial charge in [0.1, 0.15) is 30.5 Å². The number of H-pyrrole nitrogens is 2. The Morgan fingerprint density at radius 1 is 0.686 bits per heavy atom. The number of aliphatic hydroxyl groups excluding tert-OH is 4. The maximum absolute atomic E-state index is 10.7. The van der Waals surface area contributed by atoms with Crippen molar-refractivity contribution >= 4 is 46.4 Å². The van der Waals surface area contributed by atoms with Crippen LogP contribution in [0.4, 0.5) is 0 Å². The molecule has 3 aromatic rings. The van der Waals surface area contributed by atoms with Gasteiger partial charge in [-0.3, -0.25) is 0 Å². The molecule has 35 heavy (non-hydrogen) atoms. The van der Waals surface area contributed by atoms with E-state index in [0.29, 0.717) is 16.8 Å². The monoisotopic (exact) mass is 472 g/mol. The summed E-state index contributed by atoms with van der Waals surface area (Å²) in [5.74, 6) is 0. The number of nitrogens with one attached hydrogen (secondary N) is 2. The molecule has 3 aliphatic heterocycles. The number of aromatic nitrogens is 4. The van der Waals surface area contributed by atoms with Gasteiger partial charge in [0.25, 0.3) is 0 Å². The van der Waals surface area contributed by atoms with Gasteiger partial charge in [-0.05, 0) is 66.8 Å². The van der Waals surface area contributed by atoms with E-state index in [-0.39, 0.29) is 0 Å². The SMILES string of the molecule is OC[C@H]1OC(c2cc3cc4ccc(cc5nc(cc6nc(cc2[nH]3)C=C6)C=C5)[nH]4)[C@H](O)[C@@H](O)[C@@H]1O. The van der Waals surface area contributed by atoms with Crippen molar-refractivity contribution in [1.29, 1.82) is 0 Å². The standard InChI is InChI=1S/C26H24N4O5/c31-12-22-23(32)24(33)25(34)26(35-22)20-10-19-9-17-4-3-15(28-17)7-13-1-2-14(27-13)8-16-5-6-18(29-16)11-21(20)30-19/h1-11,22-26,28,30-34H,12H2/t22-,23-,24+,25-,26?/m1/s1. The second-order valence-electron chi connectivity index (χ2n) is 8.88. The number of fused-ring (bicyclic) bond motifs is 8. The van der Waals surface area contributed by atoms with Gasteiger partial charge in [0.05, 0.1) is 29.4 Å². The summed E-state index contributed by atoms with van der Waals surface area (Å²) in [6.07, 6.45) is 1.39. The third kappa shape index (κ3) is 4.09. The lowest BCUT2D eigenvalue weighted by Crippen LogP contribution is -2.55. The highest BCUT2D eigenvalue weighted by atomic mass is 16.5. The molecule has 8 bridgehead atoms. The molecule has 6 N–H and O–H groups in total. The van der Waals surface area contributed by atoms with Crippen LogP contribution in [0, 0.1) is 0 Å². The predicted molar refractivity (Wildman–Crippen MR) is 132 cm³/mol. The summed E-state index contributed by atoms with van der Waals surface area (Å²) in [4.78, 5) is 16.0. The molecular weight excluding hydrogens is 448 g/mol. The largest absolute Gasteiger partial charge is 0.394 e. The quantitative estimate of drug-likeness (QED) is 0.231. The molecule has 0 saturated carbocycles. The van der Waals surface area contributed by atoms with E-state index >= 15 is 0 Å². The van der Waals surface area contributed by atoms with Gasteiger partial charge in [0, 0.05) is 27.6 Å². The Morgan fingerprint density at radius 3 is 2.00 bits per heavy atom. The molecule has 5 atom stereocenters. The summed E-state index contributed by atoms with van der Waals surface area (Å²) in [5, 5.41) is 40.9. The second kappa shape index (κ2) is 8.56. The molecule has 3 aromatic heterocycles. The normalized spacial score (nSPS) is 25.8. The van der Waals surface area contributed by atoms with Crippen molar-refractivity contribution in [2.75, 3.05) is 6.61 Å². The Labute approximate surface area is 199 Å². The van der Waals surface area contributed by atoms with Crippen molar-refractivity contribution in [3.63, 3.8) is 0 Å². The molecule has 0 radical (unpaired) electrons. The summed E-state index contributed by atoms with van der Waals surface area (Å²) < 4.78 is 5.84. The van der Waals surface area contributed by atoms with Gasteiger partial charge in [-0.25, -0.2) is 9.97 Å². The zero-order valence-corrected chi connectivity index (χ0v) is 18.5. The number of ether oxygens (including phenoxy) is 1. The number of aliphatic hydroxyl groups is 4. The Morgan fingerprint density at radius 2 is 1.31 bits per heavy atom. The highest BCUT2D eigenvalue weighted by Gasteiger charge is 2.44. The molecule has 6 rings (SSSR count). The number of rotatable bonds is 2. The van der Waals surface area contributed by atoms with Gasteiger partial charge in [0.2, 0.25) is 0 Å². The zero-order valence-electron chi connectivity index (χ0n) is 18.5. The number of hydrogen-bond acceptors (Lipinski definition) is 7. The average molecular weight is 473 g/mol. The Kier molecular flexibility index (Phi) is 5.36. The summed E-state index contributed by atoms with van der Waals surface area (Å²) in [6.45, 7) is -0.493. The van der Waals surface area contributed by atoms with Crippen LogP contribution in [0.3, 0.4) is 0 Å². The molecule has 1 fully saturated rings. The third-order valence-electron chi connectivity index (χ3n) is 6.40. The number of hydrogen-bond donors (Lipinski definition) is 6. The molecule has 1 unspecified atom stereocenters. The first-order valence-corrected chi connectivity index (χ1v) is 11.4. The molecule has 0 aromatic carbocycles. The van der Waals surface area contributed by atoms with Gasteiger partial charge in [0.15, 0.2) is 0 Å². The first kappa shape index (κ1) is 21.9. The number of nitrogens with zero attached hydrogens (tertiary/aromatic N) is 2. The molecule has 0 aliphatic carbocycles. The summed E-state index contributed by atoms with van der Waals surface area (Å²) >= 11 is 0. The minimum Gasteiger partial charge on any atom is -0.394 e. The molecule has 9 nitrogen and oxygen atoms in total. The van der Waals surface area contributed by atoms with E-state index in [1.807, 2.05) is 66.8 Å². The van der Waals surface area contributed by atoms with Crippen LogP contribution in [-0.4, -0.2) is 71.4 Å². The fraction of sp³-hybridized carbons (Fsp3) is 0.231. The van der Waals surface area contributed by atoms with Crippen LogP contribution in [0.25, 0.3) is 46.4 Å². The molecular formula is C26H24N4O5. The van der Waals surface area contributed by atoms with Crippen LogP contribution in [0.5, 0.6) is 0 Å². The smallest absolute Gasteiger partial charge is 0.114 e. The second-order valence-corrected chi connectivity index (χ2v) is 8.88. The van der Waals surface area contributed by atoms with Gasteiger partial charge in [-0.15, -0.1) is 0 Å². The Hall–Kier alpha value is -3.60. The highest BCUT2D eigenvalue weighted by Crippen LogP contribution is 2.35. The van der Waals surface area contributed by atoms with Crippen LogP contribution < -0.4 is 0 Å². The van der Waals surface area contributed by atoms with Crippen molar-refractivity contribution < 1.29 is 25.2 Å². The summed E-state index contributed by atoms with van der Waals surface area (Å²) in [7, 11) is 0. The van der Waals surface area contributed by atoms with Crippen molar-refractivity contribution in [2.24, 2.45) is 0 Å². The van der Waals surface area contributed by atoms with Crippen molar-refractivity contribution in [2.45, 2.75) is 30.5 Å². The number of aromatic amines is 2. The van der Waals surface area contributed by atoms with Crippen molar-refractivity contribution in [1.82, 2.24) is 19.9 Å². The minimum atomic E-state index is -1.47. The van der Waals surface area contributed by atoms with E-state index in [4.69, 9.17) is 4.74 Å². The Bertz CT molecular complexity index is 1500. The maximum atomic E-state index is 10.7. The maximum Gasteiger partial charge on any atom is 0.114 e. The predicted octanol–water partition coefficient (Wildman–Crippen LogP) is 2.17. The van der Waals surface area contributed by atoms with E-state index in [1.165, 1.54) is 0 Å². The van der Waals surface area contributed by atoms with Crippen LogP contribution in [0.15, 0.2) is 42.5 Å². The molecule has 0 spiro atoms. The van der Waals surface area contributed by atoms with Crippen LogP contribution in [0.2, 0.25) is 0 Å². The summed E-state index contributed by atoms with van der Waals surface area (Å²) in [6, 6.07) is 13.3. The fourth-order valence-corrected chi connectivity index (χ4v) is 4.63. The van der Waals surface area contributed by atoms with E-state index in [2.05, 4.69) is 19.9 Å². The molecule has 6 heterocycles. The van der Waals surface area contributed by atoms with Crippen LogP contribution in [-0.2, 0) is 4.74 Å². The first-order chi connectivity index (χ1) is 17.0. The fourth-order valence-electron chi connectivity index (χ4n) is 4.63. The lowest BCUT2D eigenvalue weighted by molar-refractivity contribution is -0.231. The summed E-state index contributed by atoms with van der Waals surface area (Å²) in [5.41, 5.74) is 6.76. The van der Waals surface area contributed by atoms with Crippen molar-refractivity contribution in [3.05, 3.63) is 70.8 Å². The van der Waals surface area contributed by atoms with Gasteiger partial charge < -0.3 is 35.1 Å². The van der Waals surface area contributed by atoms with Crippen LogP contribution >= 0.6 is 0 Å². The van der Waals surface area contributed by atoms with E-state index < -0.39 is 37.1 Å². The molecule has 9 heteroatoms. The van der Waals surface area contributed by atoms with Gasteiger partial charge in [-0.1, -0.05) is 0 Å². The van der Waals surface area contributed by atoms with E-state index in [9.17, 15) is 20.4 Å². The highest BCUT2D eigenvalue weighted by molar-refractivity contribution is 5.78. The molecule has 3 aliphatic rings. The third-order valence-corrected chi connectivity index (χ3v) is 6.40. The lowest BCUT2D eigenvalue weighted by atomic mass is 9.91. The Balaban J connectivity index is 1.58. The first-order valence-electron chi connectivity index (χ1n) is 11.4. The molecule has 178 valence electrons.